The third-order valence-corrected chi connectivity index (χ3v) is 3.13. The van der Waals surface area contributed by atoms with Gasteiger partial charge in [0.25, 0.3) is 0 Å². The molecule has 0 aliphatic heterocycles. The third-order valence-electron chi connectivity index (χ3n) is 3.13. The van der Waals surface area contributed by atoms with Gasteiger partial charge in [0.05, 0.1) is 12.7 Å². The lowest BCUT2D eigenvalue weighted by Crippen LogP contribution is -2.26. The summed E-state index contributed by atoms with van der Waals surface area (Å²) in [6.45, 7) is 1.74. The number of aliphatic hydroxyl groups is 1. The second kappa shape index (κ2) is 5.28. The van der Waals surface area contributed by atoms with Gasteiger partial charge in [-0.2, -0.15) is 0 Å². The molecule has 0 saturated carbocycles. The molecule has 0 radical (unpaired) electrons. The predicted molar refractivity (Wildman–Crippen MR) is 74.9 cm³/mol. The van der Waals surface area contributed by atoms with Crippen LogP contribution in [0.3, 0.4) is 0 Å². The number of hydrogen-bond acceptors (Lipinski definition) is 4. The standard InChI is InChI=1S/C15H18N2O2/c1-15(18,13-4-3-9-17-14(13)16)10-11-5-7-12(19-2)8-6-11/h3-9,18H,10H2,1-2H3,(H2,16,17). The van der Waals surface area contributed by atoms with Crippen LogP contribution in [-0.4, -0.2) is 17.2 Å². The van der Waals surface area contributed by atoms with Crippen molar-refractivity contribution in [3.05, 3.63) is 53.7 Å². The molecular weight excluding hydrogens is 240 g/mol. The molecule has 2 aromatic rings. The van der Waals surface area contributed by atoms with Gasteiger partial charge in [-0.05, 0) is 30.7 Å². The molecular formula is C15H18N2O2. The van der Waals surface area contributed by atoms with E-state index < -0.39 is 5.60 Å². The van der Waals surface area contributed by atoms with Crippen LogP contribution < -0.4 is 10.5 Å². The Bertz CT molecular complexity index is 550. The van der Waals surface area contributed by atoms with Crippen molar-refractivity contribution >= 4 is 5.82 Å². The van der Waals surface area contributed by atoms with Crippen LogP contribution in [0.25, 0.3) is 0 Å². The molecule has 4 heteroatoms. The molecule has 1 heterocycles. The topological polar surface area (TPSA) is 68.4 Å². The first-order chi connectivity index (χ1) is 9.03. The highest BCUT2D eigenvalue weighted by atomic mass is 16.5. The number of hydrogen-bond donors (Lipinski definition) is 2. The predicted octanol–water partition coefficient (Wildman–Crippen LogP) is 2.12. The summed E-state index contributed by atoms with van der Waals surface area (Å²) < 4.78 is 5.11. The summed E-state index contributed by atoms with van der Waals surface area (Å²) in [5, 5.41) is 10.6. The average Bonchev–Trinajstić information content (AvgIpc) is 2.39. The lowest BCUT2D eigenvalue weighted by atomic mass is 9.89. The van der Waals surface area contributed by atoms with E-state index in [2.05, 4.69) is 4.98 Å². The van der Waals surface area contributed by atoms with Crippen molar-refractivity contribution in [3.63, 3.8) is 0 Å². The number of aromatic nitrogens is 1. The molecule has 0 saturated heterocycles. The lowest BCUT2D eigenvalue weighted by Gasteiger charge is -2.24. The van der Waals surface area contributed by atoms with E-state index in [0.717, 1.165) is 11.3 Å². The molecule has 100 valence electrons. The van der Waals surface area contributed by atoms with E-state index in [1.54, 1.807) is 32.4 Å². The molecule has 0 amide bonds. The Kier molecular flexibility index (Phi) is 3.71. The number of nitrogens with zero attached hydrogens (tertiary/aromatic N) is 1. The van der Waals surface area contributed by atoms with Gasteiger partial charge in [0, 0.05) is 18.2 Å². The number of nitrogen functional groups attached to an aromatic ring is 1. The van der Waals surface area contributed by atoms with E-state index >= 15 is 0 Å². The van der Waals surface area contributed by atoms with Gasteiger partial charge in [-0.15, -0.1) is 0 Å². The summed E-state index contributed by atoms with van der Waals surface area (Å²) in [5.41, 5.74) is 6.42. The van der Waals surface area contributed by atoms with E-state index in [1.165, 1.54) is 0 Å². The summed E-state index contributed by atoms with van der Waals surface area (Å²) in [5.74, 6) is 1.16. The second-order valence-corrected chi connectivity index (χ2v) is 4.73. The lowest BCUT2D eigenvalue weighted by molar-refractivity contribution is 0.0581. The molecule has 0 bridgehead atoms. The quantitative estimate of drug-likeness (QED) is 0.881. The Balaban J connectivity index is 2.23. The number of nitrogens with two attached hydrogens (primary N) is 1. The van der Waals surface area contributed by atoms with Crippen LogP contribution in [0.4, 0.5) is 5.82 Å². The highest BCUT2D eigenvalue weighted by molar-refractivity contribution is 5.43. The molecule has 4 nitrogen and oxygen atoms in total. The number of rotatable bonds is 4. The molecule has 1 aromatic heterocycles. The zero-order chi connectivity index (χ0) is 13.9. The fraction of sp³-hybridized carbons (Fsp3) is 0.267. The molecule has 3 N–H and O–H groups in total. The summed E-state index contributed by atoms with van der Waals surface area (Å²) in [4.78, 5) is 4.01. The fourth-order valence-corrected chi connectivity index (χ4v) is 2.11. The van der Waals surface area contributed by atoms with Gasteiger partial charge in [0.2, 0.25) is 0 Å². The first-order valence-corrected chi connectivity index (χ1v) is 6.09. The van der Waals surface area contributed by atoms with Crippen LogP contribution in [0.15, 0.2) is 42.6 Å². The van der Waals surface area contributed by atoms with E-state index in [9.17, 15) is 5.11 Å². The maximum absolute atomic E-state index is 10.6. The van der Waals surface area contributed by atoms with Crippen molar-refractivity contribution in [1.82, 2.24) is 4.98 Å². The highest BCUT2D eigenvalue weighted by Crippen LogP contribution is 2.28. The third kappa shape index (κ3) is 3.03. The maximum Gasteiger partial charge on any atom is 0.129 e. The number of benzene rings is 1. The highest BCUT2D eigenvalue weighted by Gasteiger charge is 2.26. The molecule has 0 aliphatic carbocycles. The minimum Gasteiger partial charge on any atom is -0.497 e. The molecule has 2 rings (SSSR count). The Morgan fingerprint density at radius 1 is 1.26 bits per heavy atom. The Hall–Kier alpha value is -2.07. The van der Waals surface area contributed by atoms with Crippen molar-refractivity contribution < 1.29 is 9.84 Å². The number of ether oxygens (including phenoxy) is 1. The normalized spacial score (nSPS) is 13.8. The first kappa shape index (κ1) is 13.4. The Morgan fingerprint density at radius 3 is 2.53 bits per heavy atom. The van der Waals surface area contributed by atoms with Crippen LogP contribution in [-0.2, 0) is 12.0 Å². The van der Waals surface area contributed by atoms with Crippen molar-refractivity contribution in [2.24, 2.45) is 0 Å². The molecule has 0 fully saturated rings. The zero-order valence-electron chi connectivity index (χ0n) is 11.1. The molecule has 19 heavy (non-hydrogen) atoms. The first-order valence-electron chi connectivity index (χ1n) is 6.09. The van der Waals surface area contributed by atoms with Crippen molar-refractivity contribution in [2.75, 3.05) is 12.8 Å². The van der Waals surface area contributed by atoms with Gasteiger partial charge < -0.3 is 15.6 Å². The zero-order valence-corrected chi connectivity index (χ0v) is 11.1. The van der Waals surface area contributed by atoms with Crippen LogP contribution in [0.5, 0.6) is 5.75 Å². The fourth-order valence-electron chi connectivity index (χ4n) is 2.11. The number of pyridine rings is 1. The Morgan fingerprint density at radius 2 is 1.95 bits per heavy atom. The van der Waals surface area contributed by atoms with Crippen LogP contribution >= 0.6 is 0 Å². The minimum atomic E-state index is -1.05. The van der Waals surface area contributed by atoms with Gasteiger partial charge in [0.1, 0.15) is 11.6 Å². The van der Waals surface area contributed by atoms with Gasteiger partial charge in [-0.1, -0.05) is 18.2 Å². The van der Waals surface area contributed by atoms with Gasteiger partial charge in [-0.3, -0.25) is 0 Å². The monoisotopic (exact) mass is 258 g/mol. The SMILES string of the molecule is COc1ccc(CC(C)(O)c2cccnc2N)cc1. The second-order valence-electron chi connectivity index (χ2n) is 4.73. The van der Waals surface area contributed by atoms with Gasteiger partial charge in [0.15, 0.2) is 0 Å². The molecule has 0 aliphatic rings. The summed E-state index contributed by atoms with van der Waals surface area (Å²) in [7, 11) is 1.63. The van der Waals surface area contributed by atoms with E-state index in [1.807, 2.05) is 24.3 Å². The van der Waals surface area contributed by atoms with E-state index in [0.29, 0.717) is 17.8 Å². The van der Waals surface area contributed by atoms with E-state index in [-0.39, 0.29) is 0 Å². The van der Waals surface area contributed by atoms with Crippen LogP contribution in [0, 0.1) is 0 Å². The summed E-state index contributed by atoms with van der Waals surface area (Å²) in [6.07, 6.45) is 2.08. The molecule has 1 atom stereocenters. The van der Waals surface area contributed by atoms with E-state index in [4.69, 9.17) is 10.5 Å². The number of methoxy groups -OCH3 is 1. The van der Waals surface area contributed by atoms with Crippen molar-refractivity contribution in [3.8, 4) is 5.75 Å². The van der Waals surface area contributed by atoms with Crippen LogP contribution in [0.2, 0.25) is 0 Å². The van der Waals surface area contributed by atoms with Crippen molar-refractivity contribution in [2.45, 2.75) is 18.9 Å². The average molecular weight is 258 g/mol. The summed E-state index contributed by atoms with van der Waals surface area (Å²) >= 11 is 0. The largest absolute Gasteiger partial charge is 0.497 e. The molecule has 1 unspecified atom stereocenters. The molecule has 1 aromatic carbocycles. The maximum atomic E-state index is 10.6. The number of anilines is 1. The smallest absolute Gasteiger partial charge is 0.129 e. The molecule has 0 spiro atoms. The summed E-state index contributed by atoms with van der Waals surface area (Å²) in [6, 6.07) is 11.2. The van der Waals surface area contributed by atoms with Crippen LogP contribution in [0.1, 0.15) is 18.1 Å². The van der Waals surface area contributed by atoms with Gasteiger partial charge in [-0.25, -0.2) is 4.98 Å². The van der Waals surface area contributed by atoms with Crippen molar-refractivity contribution in [1.29, 1.82) is 0 Å². The Labute approximate surface area is 112 Å². The van der Waals surface area contributed by atoms with Gasteiger partial charge >= 0.3 is 0 Å². The minimum absolute atomic E-state index is 0.362.